The van der Waals surface area contributed by atoms with Gasteiger partial charge < -0.3 is 10.3 Å². The maximum Gasteiger partial charge on any atom is 0.347 e. The van der Waals surface area contributed by atoms with E-state index in [1.807, 2.05) is 0 Å². The lowest BCUT2D eigenvalue weighted by Crippen LogP contribution is -2.55. The summed E-state index contributed by atoms with van der Waals surface area (Å²) in [6.45, 7) is 0.777. The van der Waals surface area contributed by atoms with E-state index in [0.717, 1.165) is 0 Å². The largest absolute Gasteiger partial charge is 0.350 e. The van der Waals surface area contributed by atoms with Gasteiger partial charge in [0.1, 0.15) is 6.17 Å². The van der Waals surface area contributed by atoms with Crippen molar-refractivity contribution in [2.45, 2.75) is 12.6 Å². The van der Waals surface area contributed by atoms with Gasteiger partial charge in [-0.3, -0.25) is 9.77 Å². The van der Waals surface area contributed by atoms with Crippen LogP contribution >= 0.6 is 42.5 Å². The quantitative estimate of drug-likeness (QED) is 0.281. The maximum absolute atomic E-state index is 13.3. The third kappa shape index (κ3) is 4.61. The average Bonchev–Trinajstić information content (AvgIpc) is 2.48. The highest BCUT2D eigenvalue weighted by Gasteiger charge is 2.47. The Kier molecular flexibility index (Phi) is 8.74. The molecule has 2 atom stereocenters. The third-order valence-corrected chi connectivity index (χ3v) is 6.43. The van der Waals surface area contributed by atoms with E-state index in [2.05, 4.69) is 0 Å². The molecule has 0 aromatic rings. The van der Waals surface area contributed by atoms with Crippen LogP contribution < -0.4 is 5.73 Å². The molecule has 0 aromatic carbocycles. The summed E-state index contributed by atoms with van der Waals surface area (Å²) in [5.41, 5.74) is 5.10. The lowest BCUT2D eigenvalue weighted by Gasteiger charge is -2.46. The van der Waals surface area contributed by atoms with Crippen LogP contribution in [0.25, 0.3) is 0 Å². The number of hydrogen-bond donors (Lipinski definition) is 2. The molecule has 1 rings (SSSR count). The smallest absolute Gasteiger partial charge is 0.347 e. The highest BCUT2D eigenvalue weighted by atomic mass is 35.5. The molecule has 2 amide bonds. The zero-order chi connectivity index (χ0) is 16.8. The molecule has 0 bridgehead atoms. The van der Waals surface area contributed by atoms with Crippen molar-refractivity contribution < 1.29 is 19.1 Å². The molecule has 3 N–H and O–H groups in total. The second-order valence-corrected chi connectivity index (χ2v) is 7.91. The summed E-state index contributed by atoms with van der Waals surface area (Å²) in [6.07, 6.45) is -0.639. The predicted octanol–water partition coefficient (Wildman–Crippen LogP) is 1.93. The molecule has 2 unspecified atom stereocenters. The fourth-order valence-electron chi connectivity index (χ4n) is 2.23. The fourth-order valence-corrected chi connectivity index (χ4v) is 5.76. The molecule has 0 spiro atoms. The maximum atomic E-state index is 13.3. The van der Waals surface area contributed by atoms with Crippen molar-refractivity contribution in [1.82, 2.24) is 14.4 Å². The minimum absolute atomic E-state index is 0.0894. The number of hydrogen-bond acceptors (Lipinski definition) is 4. The van der Waals surface area contributed by atoms with E-state index in [1.165, 1.54) is 9.34 Å². The van der Waals surface area contributed by atoms with E-state index in [1.54, 1.807) is 0 Å². The molecular formula is C10H20Cl3N4O4P. The molecule has 12 heteroatoms. The first-order valence-corrected chi connectivity index (χ1v) is 9.78. The van der Waals surface area contributed by atoms with Crippen LogP contribution in [0.1, 0.15) is 6.42 Å². The minimum atomic E-state index is -3.53. The van der Waals surface area contributed by atoms with Gasteiger partial charge in [-0.1, -0.05) is 0 Å². The number of amides is 2. The monoisotopic (exact) mass is 396 g/mol. The van der Waals surface area contributed by atoms with Crippen molar-refractivity contribution in [3.8, 4) is 0 Å². The Morgan fingerprint density at radius 2 is 1.91 bits per heavy atom. The van der Waals surface area contributed by atoms with E-state index in [-0.39, 0.29) is 50.3 Å². The van der Waals surface area contributed by atoms with E-state index in [9.17, 15) is 14.6 Å². The minimum Gasteiger partial charge on any atom is -0.350 e. The van der Waals surface area contributed by atoms with Gasteiger partial charge >= 0.3 is 13.7 Å². The molecule has 0 aliphatic carbocycles. The molecule has 0 saturated carbocycles. The Morgan fingerprint density at radius 1 is 1.32 bits per heavy atom. The van der Waals surface area contributed by atoms with Gasteiger partial charge in [0.25, 0.3) is 0 Å². The van der Waals surface area contributed by atoms with Gasteiger partial charge in [0.2, 0.25) is 0 Å². The van der Waals surface area contributed by atoms with Gasteiger partial charge in [-0.15, -0.1) is 34.8 Å². The van der Waals surface area contributed by atoms with Crippen LogP contribution in [0.3, 0.4) is 0 Å². The first kappa shape index (κ1) is 20.3. The normalized spacial score (nSPS) is 26.3. The van der Waals surface area contributed by atoms with Crippen LogP contribution in [-0.2, 0) is 9.09 Å². The number of rotatable bonds is 8. The van der Waals surface area contributed by atoms with Gasteiger partial charge in [0.15, 0.2) is 0 Å². The molecule has 22 heavy (non-hydrogen) atoms. The fraction of sp³-hybridized carbons (Fsp3) is 0.900. The van der Waals surface area contributed by atoms with Gasteiger partial charge in [-0.05, 0) is 0 Å². The van der Waals surface area contributed by atoms with Gasteiger partial charge in [-0.25, -0.2) is 9.46 Å². The Hall–Kier alpha value is 0.210. The standard InChI is InChI=1S/C10H20Cl3N4O4P/c11-2-5-15(6-3-12)22(20)16(7-4-13)9(1-8-21-22)17(19)10(14)18/h9,19H,1-8H2,(H2,14,18). The predicted molar refractivity (Wildman–Crippen MR) is 85.6 cm³/mol. The molecule has 0 aromatic heterocycles. The third-order valence-electron chi connectivity index (χ3n) is 3.17. The summed E-state index contributed by atoms with van der Waals surface area (Å²) in [6, 6.07) is -1.04. The molecule has 1 fully saturated rings. The van der Waals surface area contributed by atoms with Crippen molar-refractivity contribution in [2.75, 3.05) is 43.9 Å². The Balaban J connectivity index is 3.12. The molecule has 1 heterocycles. The molecule has 1 saturated heterocycles. The van der Waals surface area contributed by atoms with E-state index in [4.69, 9.17) is 45.1 Å². The lowest BCUT2D eigenvalue weighted by molar-refractivity contribution is -0.123. The number of halogens is 3. The molecule has 8 nitrogen and oxygen atoms in total. The molecule has 1 aliphatic rings. The van der Waals surface area contributed by atoms with Crippen molar-refractivity contribution in [2.24, 2.45) is 5.73 Å². The summed E-state index contributed by atoms with van der Waals surface area (Å²) in [5, 5.41) is 10.2. The van der Waals surface area contributed by atoms with Crippen LogP contribution in [0.4, 0.5) is 4.79 Å². The zero-order valence-corrected chi connectivity index (χ0v) is 15.1. The van der Waals surface area contributed by atoms with Crippen LogP contribution in [0.15, 0.2) is 0 Å². The number of nitrogens with zero attached hydrogens (tertiary/aromatic N) is 3. The Morgan fingerprint density at radius 3 is 2.36 bits per heavy atom. The SMILES string of the molecule is NC(=O)N(O)C1CCOP(=O)(N(CCCl)CCCl)N1CCCl. The molecule has 130 valence electrons. The number of alkyl halides is 3. The number of urea groups is 1. The Bertz CT molecular complexity index is 414. The highest BCUT2D eigenvalue weighted by Crippen LogP contribution is 2.58. The number of primary amides is 1. The zero-order valence-electron chi connectivity index (χ0n) is 11.9. The highest BCUT2D eigenvalue weighted by molar-refractivity contribution is 7.54. The van der Waals surface area contributed by atoms with Crippen LogP contribution in [-0.4, -0.2) is 75.7 Å². The van der Waals surface area contributed by atoms with E-state index >= 15 is 0 Å². The number of carbonyl (C=O) groups is 1. The molecule has 1 aliphatic heterocycles. The molecule has 0 radical (unpaired) electrons. The van der Waals surface area contributed by atoms with Crippen LogP contribution in [0.2, 0.25) is 0 Å². The number of nitrogens with two attached hydrogens (primary N) is 1. The van der Waals surface area contributed by atoms with Gasteiger partial charge in [0.05, 0.1) is 6.61 Å². The van der Waals surface area contributed by atoms with E-state index in [0.29, 0.717) is 5.06 Å². The van der Waals surface area contributed by atoms with Crippen molar-refractivity contribution in [3.63, 3.8) is 0 Å². The van der Waals surface area contributed by atoms with Crippen molar-refractivity contribution in [1.29, 1.82) is 0 Å². The summed E-state index contributed by atoms with van der Waals surface area (Å²) < 4.78 is 21.7. The lowest BCUT2D eigenvalue weighted by atomic mass is 10.3. The summed E-state index contributed by atoms with van der Waals surface area (Å²) in [4.78, 5) is 11.2. The summed E-state index contributed by atoms with van der Waals surface area (Å²) >= 11 is 17.3. The van der Waals surface area contributed by atoms with Crippen molar-refractivity contribution in [3.05, 3.63) is 0 Å². The summed E-state index contributed by atoms with van der Waals surface area (Å²) in [7, 11) is -3.53. The first-order chi connectivity index (χ1) is 10.4. The van der Waals surface area contributed by atoms with Gasteiger partial charge in [0, 0.05) is 43.7 Å². The van der Waals surface area contributed by atoms with E-state index < -0.39 is 19.9 Å². The van der Waals surface area contributed by atoms with Crippen molar-refractivity contribution >= 4 is 48.5 Å². The van der Waals surface area contributed by atoms with Crippen LogP contribution in [0, 0.1) is 0 Å². The first-order valence-electron chi connectivity index (χ1n) is 6.65. The molecular weight excluding hydrogens is 377 g/mol. The topological polar surface area (TPSA) is 99.3 Å². The van der Waals surface area contributed by atoms with Crippen LogP contribution in [0.5, 0.6) is 0 Å². The number of hydroxylamine groups is 2. The second kappa shape index (κ2) is 9.49. The number of carbonyl (C=O) groups excluding carboxylic acids is 1. The summed E-state index contributed by atoms with van der Waals surface area (Å²) in [5.74, 6) is 0.580. The second-order valence-electron chi connectivity index (χ2n) is 4.46. The average molecular weight is 398 g/mol. The van der Waals surface area contributed by atoms with Gasteiger partial charge in [-0.2, -0.15) is 9.73 Å². The Labute approximate surface area is 144 Å².